The van der Waals surface area contributed by atoms with E-state index >= 15 is 0 Å². The van der Waals surface area contributed by atoms with Gasteiger partial charge in [-0.15, -0.1) is 11.6 Å². The van der Waals surface area contributed by atoms with Crippen molar-refractivity contribution in [2.75, 3.05) is 13.0 Å². The molecule has 0 aromatic heterocycles. The van der Waals surface area contributed by atoms with Gasteiger partial charge in [-0.3, -0.25) is 0 Å². The molecule has 4 heteroatoms. The first-order valence-corrected chi connectivity index (χ1v) is 7.29. The molecule has 0 radical (unpaired) electrons. The monoisotopic (exact) mass is 310 g/mol. The van der Waals surface area contributed by atoms with Crippen LogP contribution < -0.4 is 4.74 Å². The zero-order chi connectivity index (χ0) is 15.2. The summed E-state index contributed by atoms with van der Waals surface area (Å²) in [6, 6.07) is 11.9. The first-order valence-electron chi connectivity index (χ1n) is 6.75. The van der Waals surface area contributed by atoms with Crippen LogP contribution in [-0.2, 0) is 12.8 Å². The van der Waals surface area contributed by atoms with Crippen molar-refractivity contribution >= 4 is 11.6 Å². The van der Waals surface area contributed by atoms with Crippen molar-refractivity contribution in [3.05, 3.63) is 65.2 Å². The van der Waals surface area contributed by atoms with Crippen LogP contribution in [0, 0.1) is 17.6 Å². The highest BCUT2D eigenvalue weighted by Gasteiger charge is 2.14. The number of hydrogen-bond donors (Lipinski definition) is 0. The van der Waals surface area contributed by atoms with Crippen LogP contribution in [0.4, 0.5) is 8.78 Å². The second-order valence-corrected chi connectivity index (χ2v) is 5.30. The quantitative estimate of drug-likeness (QED) is 0.708. The second kappa shape index (κ2) is 7.41. The molecule has 1 atom stereocenters. The van der Waals surface area contributed by atoms with E-state index in [0.717, 1.165) is 17.4 Å². The predicted molar refractivity (Wildman–Crippen MR) is 81.0 cm³/mol. The Labute approximate surface area is 128 Å². The lowest BCUT2D eigenvalue weighted by Gasteiger charge is -2.15. The van der Waals surface area contributed by atoms with Gasteiger partial charge in [-0.2, -0.15) is 0 Å². The Morgan fingerprint density at radius 1 is 1.05 bits per heavy atom. The lowest BCUT2D eigenvalue weighted by atomic mass is 9.93. The third-order valence-electron chi connectivity index (χ3n) is 3.44. The lowest BCUT2D eigenvalue weighted by molar-refractivity contribution is 0.414. The summed E-state index contributed by atoms with van der Waals surface area (Å²) in [5.41, 5.74) is 1.47. The average Bonchev–Trinajstić information content (AvgIpc) is 2.51. The fourth-order valence-electron chi connectivity index (χ4n) is 2.29. The van der Waals surface area contributed by atoms with Gasteiger partial charge in [0, 0.05) is 5.88 Å². The Morgan fingerprint density at radius 3 is 2.38 bits per heavy atom. The van der Waals surface area contributed by atoms with Crippen molar-refractivity contribution in [2.45, 2.75) is 12.8 Å². The van der Waals surface area contributed by atoms with Crippen molar-refractivity contribution in [1.29, 1.82) is 0 Å². The summed E-state index contributed by atoms with van der Waals surface area (Å²) < 4.78 is 32.0. The van der Waals surface area contributed by atoms with Gasteiger partial charge >= 0.3 is 0 Å². The van der Waals surface area contributed by atoms with Crippen molar-refractivity contribution in [1.82, 2.24) is 0 Å². The standard InChI is InChI=1S/C17H17ClF2O/c1-21-15-7-5-12(6-8-15)9-13(11-18)10-14-3-2-4-16(19)17(14)20/h2-8,13H,9-11H2,1H3. The highest BCUT2D eigenvalue weighted by Crippen LogP contribution is 2.21. The van der Waals surface area contributed by atoms with Crippen LogP contribution in [-0.4, -0.2) is 13.0 Å². The van der Waals surface area contributed by atoms with E-state index in [9.17, 15) is 8.78 Å². The van der Waals surface area contributed by atoms with Crippen LogP contribution in [0.25, 0.3) is 0 Å². The molecule has 21 heavy (non-hydrogen) atoms. The number of halogens is 3. The third-order valence-corrected chi connectivity index (χ3v) is 3.88. The van der Waals surface area contributed by atoms with Crippen LogP contribution in [0.2, 0.25) is 0 Å². The van der Waals surface area contributed by atoms with E-state index in [1.165, 1.54) is 6.07 Å². The normalized spacial score (nSPS) is 12.2. The summed E-state index contributed by atoms with van der Waals surface area (Å²) in [5, 5.41) is 0. The van der Waals surface area contributed by atoms with E-state index in [1.807, 2.05) is 24.3 Å². The van der Waals surface area contributed by atoms with E-state index in [2.05, 4.69) is 0 Å². The smallest absolute Gasteiger partial charge is 0.162 e. The topological polar surface area (TPSA) is 9.23 Å². The molecule has 0 amide bonds. The van der Waals surface area contributed by atoms with Gasteiger partial charge in [0.1, 0.15) is 5.75 Å². The van der Waals surface area contributed by atoms with Gasteiger partial charge in [0.2, 0.25) is 0 Å². The van der Waals surface area contributed by atoms with Crippen LogP contribution in [0.5, 0.6) is 5.75 Å². The summed E-state index contributed by atoms with van der Waals surface area (Å²) >= 11 is 5.98. The van der Waals surface area contributed by atoms with E-state index in [-0.39, 0.29) is 5.92 Å². The van der Waals surface area contributed by atoms with Gasteiger partial charge in [0.05, 0.1) is 7.11 Å². The molecule has 2 aromatic carbocycles. The molecular weight excluding hydrogens is 294 g/mol. The van der Waals surface area contributed by atoms with Gasteiger partial charge in [-0.1, -0.05) is 24.3 Å². The largest absolute Gasteiger partial charge is 0.497 e. The first-order chi connectivity index (χ1) is 10.1. The minimum Gasteiger partial charge on any atom is -0.497 e. The molecule has 0 heterocycles. The van der Waals surface area contributed by atoms with Gasteiger partial charge in [0.25, 0.3) is 0 Å². The Morgan fingerprint density at radius 2 is 1.76 bits per heavy atom. The molecular formula is C17H17ClF2O. The lowest BCUT2D eigenvalue weighted by Crippen LogP contribution is -2.11. The zero-order valence-corrected chi connectivity index (χ0v) is 12.5. The molecule has 0 bridgehead atoms. The summed E-state index contributed by atoms with van der Waals surface area (Å²) in [6.07, 6.45) is 1.13. The van der Waals surface area contributed by atoms with E-state index in [1.54, 1.807) is 13.2 Å². The Kier molecular flexibility index (Phi) is 5.57. The summed E-state index contributed by atoms with van der Waals surface area (Å²) in [5.74, 6) is -0.358. The molecule has 0 saturated carbocycles. The molecule has 0 spiro atoms. The highest BCUT2D eigenvalue weighted by molar-refractivity contribution is 6.18. The van der Waals surface area contributed by atoms with Crippen molar-refractivity contribution in [3.63, 3.8) is 0 Å². The van der Waals surface area contributed by atoms with Crippen LogP contribution in [0.3, 0.4) is 0 Å². The molecule has 0 aliphatic heterocycles. The maximum atomic E-state index is 13.7. The van der Waals surface area contributed by atoms with Crippen molar-refractivity contribution in [2.24, 2.45) is 5.92 Å². The number of ether oxygens (including phenoxy) is 1. The van der Waals surface area contributed by atoms with Crippen molar-refractivity contribution < 1.29 is 13.5 Å². The maximum absolute atomic E-state index is 13.7. The summed E-state index contributed by atoms with van der Waals surface area (Å²) in [7, 11) is 1.61. The molecule has 0 N–H and O–H groups in total. The van der Waals surface area contributed by atoms with Crippen LogP contribution in [0.1, 0.15) is 11.1 Å². The van der Waals surface area contributed by atoms with Gasteiger partial charge in [0.15, 0.2) is 11.6 Å². The van der Waals surface area contributed by atoms with E-state index in [4.69, 9.17) is 16.3 Å². The van der Waals surface area contributed by atoms with Crippen LogP contribution in [0.15, 0.2) is 42.5 Å². The first kappa shape index (κ1) is 15.8. The summed E-state index contributed by atoms with van der Waals surface area (Å²) in [6.45, 7) is 0. The molecule has 2 rings (SSSR count). The molecule has 0 aliphatic carbocycles. The molecule has 0 saturated heterocycles. The number of methoxy groups -OCH3 is 1. The molecule has 1 nitrogen and oxygen atoms in total. The van der Waals surface area contributed by atoms with Gasteiger partial charge in [-0.05, 0) is 48.1 Å². The predicted octanol–water partition coefficient (Wildman–Crippen LogP) is 4.61. The number of benzene rings is 2. The Balaban J connectivity index is 2.07. The fraction of sp³-hybridized carbons (Fsp3) is 0.294. The number of rotatable bonds is 6. The molecule has 1 unspecified atom stereocenters. The molecule has 0 aliphatic rings. The number of hydrogen-bond acceptors (Lipinski definition) is 1. The zero-order valence-electron chi connectivity index (χ0n) is 11.8. The van der Waals surface area contributed by atoms with Gasteiger partial charge in [-0.25, -0.2) is 8.78 Å². The van der Waals surface area contributed by atoms with E-state index in [0.29, 0.717) is 24.3 Å². The Bertz CT molecular complexity index is 584. The second-order valence-electron chi connectivity index (χ2n) is 4.99. The fourth-order valence-corrected chi connectivity index (χ4v) is 2.51. The third kappa shape index (κ3) is 4.18. The number of alkyl halides is 1. The van der Waals surface area contributed by atoms with Crippen LogP contribution >= 0.6 is 11.6 Å². The van der Waals surface area contributed by atoms with Gasteiger partial charge < -0.3 is 4.74 Å². The Hall–Kier alpha value is -1.61. The highest BCUT2D eigenvalue weighted by atomic mass is 35.5. The maximum Gasteiger partial charge on any atom is 0.162 e. The molecule has 112 valence electrons. The molecule has 2 aromatic rings. The minimum atomic E-state index is -0.815. The SMILES string of the molecule is COc1ccc(CC(CCl)Cc2cccc(F)c2F)cc1. The molecule has 0 fully saturated rings. The minimum absolute atomic E-state index is 0.0522. The van der Waals surface area contributed by atoms with E-state index < -0.39 is 11.6 Å². The average molecular weight is 311 g/mol. The summed E-state index contributed by atoms with van der Waals surface area (Å²) in [4.78, 5) is 0. The van der Waals surface area contributed by atoms with Crippen molar-refractivity contribution in [3.8, 4) is 5.75 Å².